The van der Waals surface area contributed by atoms with Gasteiger partial charge in [-0.1, -0.05) is 136 Å². The van der Waals surface area contributed by atoms with Crippen LogP contribution in [0.3, 0.4) is 0 Å². The van der Waals surface area contributed by atoms with Crippen molar-refractivity contribution in [2.75, 3.05) is 6.54 Å². The van der Waals surface area contributed by atoms with Crippen LogP contribution in [0.15, 0.2) is 53.2 Å². The summed E-state index contributed by atoms with van der Waals surface area (Å²) in [5.41, 5.74) is 8.23. The molecular weight excluding hydrogens is 679 g/mol. The molecule has 1 aliphatic rings. The molecule has 0 aromatic heterocycles. The molecule has 0 radical (unpaired) electrons. The monoisotopic (exact) mass is 741 g/mol. The van der Waals surface area contributed by atoms with Crippen LogP contribution in [-0.2, 0) is 36.7 Å². The molecule has 1 N–H and O–H groups in total. The molecule has 4 heteroatoms. The topological polar surface area (TPSA) is 46.7 Å². The third-order valence-electron chi connectivity index (χ3n) is 7.29. The first-order valence-electron chi connectivity index (χ1n) is 15.1. The van der Waals surface area contributed by atoms with Gasteiger partial charge in [-0.25, -0.2) is 0 Å². The smallest absolute Gasteiger partial charge is 0.123 e. The summed E-state index contributed by atoms with van der Waals surface area (Å²) >= 11 is 0. The van der Waals surface area contributed by atoms with Crippen LogP contribution >= 0.6 is 0 Å². The van der Waals surface area contributed by atoms with Crippen LogP contribution in [0.2, 0.25) is 0 Å². The summed E-state index contributed by atoms with van der Waals surface area (Å²) in [5, 5.41) is 15.4. The van der Waals surface area contributed by atoms with Gasteiger partial charge >= 0.3 is 0 Å². The second-order valence-electron chi connectivity index (χ2n) is 13.6. The van der Waals surface area contributed by atoms with Gasteiger partial charge in [0.05, 0.1) is 0 Å². The molecule has 0 fully saturated rings. The number of hydrogen-bond donors (Lipinski definition) is 1. The molecular formula is C38H61HfN2O-3. The number of allylic oxidation sites excluding steroid dienone is 2. The number of aromatic hydroxyl groups is 1. The van der Waals surface area contributed by atoms with E-state index < -0.39 is 0 Å². The number of benzene rings is 2. The SMILES string of the molecule is CC(C)(C)c1cccc(C(C)(C)C)c1O.CCCCN=C1CCCC=C1[N-]c1c(C(C)C)cccc1C(C)C.[CH3-].[CH3-].[Hf]. The van der Waals surface area contributed by atoms with E-state index in [0.717, 1.165) is 42.6 Å². The minimum atomic E-state index is -0.00859. The van der Waals surface area contributed by atoms with Crippen LogP contribution in [-0.4, -0.2) is 17.4 Å². The number of aliphatic imine (C=N–C) groups is 1. The Kier molecular flexibility index (Phi) is 19.1. The third kappa shape index (κ3) is 12.1. The largest absolute Gasteiger partial charge is 0.656 e. The van der Waals surface area contributed by atoms with E-state index in [0.29, 0.717) is 17.6 Å². The molecule has 0 aliphatic heterocycles. The summed E-state index contributed by atoms with van der Waals surface area (Å²) in [5.74, 6) is 1.41. The zero-order chi connectivity index (χ0) is 29.4. The van der Waals surface area contributed by atoms with Gasteiger partial charge in [0.25, 0.3) is 0 Å². The molecule has 0 saturated carbocycles. The standard InChI is InChI=1S/C22H33N2.C14H22O.2CH3.Hf/c1-6-7-15-23-20-13-8-9-14-21(20)24-22-18(16(2)3)11-10-12-19(22)17(4)5;1-13(2,3)10-8-7-9-11(12(10)15)14(4,5)6;;;/h10-12,14,16-17H,6-9,13,15H2,1-5H3;7-9,15H,1-6H3;2*1H3;/q-1;;2*-1;. The average molecular weight is 740 g/mol. The minimum Gasteiger partial charge on any atom is -0.656 e. The van der Waals surface area contributed by atoms with Crippen molar-refractivity contribution in [2.45, 2.75) is 131 Å². The molecule has 3 nitrogen and oxygen atoms in total. The van der Waals surface area contributed by atoms with Crippen molar-refractivity contribution < 1.29 is 30.9 Å². The van der Waals surface area contributed by atoms with Gasteiger partial charge in [-0.05, 0) is 59.5 Å². The van der Waals surface area contributed by atoms with Gasteiger partial charge in [-0.15, -0.1) is 11.4 Å². The predicted octanol–water partition coefficient (Wildman–Crippen LogP) is 12.1. The molecule has 1 aliphatic carbocycles. The van der Waals surface area contributed by atoms with Crippen LogP contribution in [0, 0.1) is 14.9 Å². The van der Waals surface area contributed by atoms with Crippen molar-refractivity contribution >= 4 is 11.4 Å². The maximum Gasteiger partial charge on any atom is 0.123 e. The number of nitrogens with zero attached hydrogens (tertiary/aromatic N) is 2. The maximum absolute atomic E-state index is 10.3. The Morgan fingerprint density at radius 1 is 0.833 bits per heavy atom. The number of unbranched alkanes of at least 4 members (excludes halogenated alkanes) is 1. The molecule has 0 atom stereocenters. The zero-order valence-electron chi connectivity index (χ0n) is 29.3. The Labute approximate surface area is 279 Å². The van der Waals surface area contributed by atoms with Gasteiger partial charge in [-0.3, -0.25) is 4.99 Å². The van der Waals surface area contributed by atoms with Crippen molar-refractivity contribution in [1.29, 1.82) is 0 Å². The van der Waals surface area contributed by atoms with Crippen molar-refractivity contribution in [3.63, 3.8) is 0 Å². The van der Waals surface area contributed by atoms with Gasteiger partial charge < -0.3 is 25.3 Å². The zero-order valence-corrected chi connectivity index (χ0v) is 32.9. The molecule has 0 saturated heterocycles. The Balaban J connectivity index is 0. The molecule has 0 spiro atoms. The quantitative estimate of drug-likeness (QED) is 0.172. The van der Waals surface area contributed by atoms with Crippen LogP contribution in [0.5, 0.6) is 5.75 Å². The Bertz CT molecular complexity index is 1070. The third-order valence-corrected chi connectivity index (χ3v) is 7.29. The summed E-state index contributed by atoms with van der Waals surface area (Å²) in [6.07, 6.45) is 8.03. The first kappa shape index (κ1) is 42.5. The summed E-state index contributed by atoms with van der Waals surface area (Å²) in [7, 11) is 0. The van der Waals surface area contributed by atoms with E-state index in [-0.39, 0.29) is 51.5 Å². The predicted molar refractivity (Wildman–Crippen MR) is 185 cm³/mol. The van der Waals surface area contributed by atoms with Crippen molar-refractivity contribution in [3.05, 3.63) is 90.6 Å². The number of rotatable bonds is 7. The number of para-hydroxylation sites is 2. The van der Waals surface area contributed by atoms with E-state index in [4.69, 9.17) is 10.3 Å². The first-order chi connectivity index (χ1) is 18.2. The van der Waals surface area contributed by atoms with E-state index in [1.54, 1.807) is 0 Å². The van der Waals surface area contributed by atoms with Crippen LogP contribution in [0.4, 0.5) is 5.69 Å². The van der Waals surface area contributed by atoms with Gasteiger partial charge in [0.2, 0.25) is 0 Å². The second kappa shape index (κ2) is 18.9. The maximum atomic E-state index is 10.3. The summed E-state index contributed by atoms with van der Waals surface area (Å²) in [6, 6.07) is 12.7. The molecule has 0 amide bonds. The fraction of sp³-hybridized carbons (Fsp3) is 0.553. The normalized spacial score (nSPS) is 14.2. The summed E-state index contributed by atoms with van der Waals surface area (Å²) in [6.45, 7) is 24.9. The van der Waals surface area contributed by atoms with Gasteiger partial charge in [0.1, 0.15) is 5.75 Å². The van der Waals surface area contributed by atoms with E-state index in [9.17, 15) is 5.11 Å². The van der Waals surface area contributed by atoms with Crippen LogP contribution in [0.1, 0.15) is 142 Å². The molecule has 0 unspecified atom stereocenters. The average Bonchev–Trinajstić information content (AvgIpc) is 2.84. The van der Waals surface area contributed by atoms with E-state index >= 15 is 0 Å². The van der Waals surface area contributed by atoms with Gasteiger partial charge in [0, 0.05) is 38.1 Å². The Morgan fingerprint density at radius 3 is 1.74 bits per heavy atom. The van der Waals surface area contributed by atoms with Crippen molar-refractivity contribution in [3.8, 4) is 5.75 Å². The molecule has 2 aromatic carbocycles. The first-order valence-corrected chi connectivity index (χ1v) is 15.1. The minimum absolute atomic E-state index is 0. The summed E-state index contributed by atoms with van der Waals surface area (Å²) < 4.78 is 0. The fourth-order valence-electron chi connectivity index (χ4n) is 4.91. The van der Waals surface area contributed by atoms with E-state index in [1.165, 1.54) is 35.4 Å². The number of phenols is 1. The van der Waals surface area contributed by atoms with Crippen molar-refractivity contribution in [2.24, 2.45) is 4.99 Å². The molecule has 3 rings (SSSR count). The van der Waals surface area contributed by atoms with Crippen molar-refractivity contribution in [1.82, 2.24) is 0 Å². The van der Waals surface area contributed by atoms with Gasteiger partial charge in [-0.2, -0.15) is 0 Å². The Hall–Kier alpha value is -1.68. The Morgan fingerprint density at radius 2 is 1.31 bits per heavy atom. The molecule has 0 heterocycles. The molecule has 0 bridgehead atoms. The van der Waals surface area contributed by atoms with E-state index in [2.05, 4.69) is 100 Å². The number of phenolic OH excluding ortho intramolecular Hbond substituents is 1. The number of hydrogen-bond acceptors (Lipinski definition) is 2. The summed E-state index contributed by atoms with van der Waals surface area (Å²) in [4.78, 5) is 4.85. The molecule has 42 heavy (non-hydrogen) atoms. The fourth-order valence-corrected chi connectivity index (χ4v) is 4.91. The molecule has 236 valence electrons. The van der Waals surface area contributed by atoms with Crippen LogP contribution < -0.4 is 0 Å². The van der Waals surface area contributed by atoms with Gasteiger partial charge in [0.15, 0.2) is 0 Å². The molecule has 2 aromatic rings. The van der Waals surface area contributed by atoms with E-state index in [1.807, 2.05) is 18.2 Å². The van der Waals surface area contributed by atoms with Crippen LogP contribution in [0.25, 0.3) is 5.32 Å². The second-order valence-corrected chi connectivity index (χ2v) is 13.6.